The van der Waals surface area contributed by atoms with Crippen molar-refractivity contribution in [2.75, 3.05) is 0 Å². The topological polar surface area (TPSA) is 30.0 Å². The van der Waals surface area contributed by atoms with Crippen LogP contribution in [0.5, 0.6) is 0 Å². The van der Waals surface area contributed by atoms with Crippen molar-refractivity contribution >= 4 is 5.78 Å². The molecule has 0 fully saturated rings. The Hall–Kier alpha value is -1.96. The lowest BCUT2D eigenvalue weighted by Gasteiger charge is -2.07. The van der Waals surface area contributed by atoms with Crippen LogP contribution in [0.2, 0.25) is 0 Å². The summed E-state index contributed by atoms with van der Waals surface area (Å²) in [6.07, 6.45) is 5.82. The summed E-state index contributed by atoms with van der Waals surface area (Å²) in [6.45, 7) is 0. The second-order valence-corrected chi connectivity index (χ2v) is 4.88. The molecule has 0 saturated carbocycles. The molecule has 0 atom stereocenters. The zero-order chi connectivity index (χ0) is 12.4. The molecular weight excluding hydrogens is 222 g/mol. The van der Waals surface area contributed by atoms with Crippen LogP contribution in [0.15, 0.2) is 48.8 Å². The van der Waals surface area contributed by atoms with Gasteiger partial charge in [0.05, 0.1) is 0 Å². The molecule has 0 radical (unpaired) electrons. The number of ketones is 1. The Kier molecular flexibility index (Phi) is 2.93. The van der Waals surface area contributed by atoms with Gasteiger partial charge in [-0.1, -0.05) is 30.3 Å². The Morgan fingerprint density at radius 1 is 1.11 bits per heavy atom. The molecule has 18 heavy (non-hydrogen) atoms. The number of Topliss-reactive ketones (excluding diaryl/α,β-unsaturated/α-hetero) is 1. The van der Waals surface area contributed by atoms with Crippen LogP contribution in [0.4, 0.5) is 0 Å². The smallest absolute Gasteiger partial charge is 0.141 e. The van der Waals surface area contributed by atoms with Gasteiger partial charge in [0, 0.05) is 24.7 Å². The lowest BCUT2D eigenvalue weighted by Crippen LogP contribution is -2.17. The molecule has 0 bridgehead atoms. The standard InChI is InChI=1S/C16H15NO/c18-16(8-12-4-3-7-17-11-12)15-9-13-5-1-2-6-14(13)10-15/h1-7,11,15H,8-10H2. The summed E-state index contributed by atoms with van der Waals surface area (Å²) in [7, 11) is 0. The van der Waals surface area contributed by atoms with Gasteiger partial charge in [-0.15, -0.1) is 0 Å². The summed E-state index contributed by atoms with van der Waals surface area (Å²) in [5, 5.41) is 0. The average molecular weight is 237 g/mol. The molecule has 0 N–H and O–H groups in total. The molecule has 1 aromatic heterocycles. The normalized spacial score (nSPS) is 14.4. The van der Waals surface area contributed by atoms with Crippen molar-refractivity contribution in [2.45, 2.75) is 19.3 Å². The highest BCUT2D eigenvalue weighted by Crippen LogP contribution is 2.27. The summed E-state index contributed by atoms with van der Waals surface area (Å²) in [5.74, 6) is 0.488. The van der Waals surface area contributed by atoms with E-state index in [4.69, 9.17) is 0 Å². The molecule has 3 rings (SSSR count). The second-order valence-electron chi connectivity index (χ2n) is 4.88. The number of hydrogen-bond donors (Lipinski definition) is 0. The molecule has 1 aliphatic carbocycles. The molecule has 1 aromatic carbocycles. The summed E-state index contributed by atoms with van der Waals surface area (Å²) in [6, 6.07) is 12.2. The van der Waals surface area contributed by atoms with Gasteiger partial charge >= 0.3 is 0 Å². The van der Waals surface area contributed by atoms with Gasteiger partial charge < -0.3 is 0 Å². The highest BCUT2D eigenvalue weighted by atomic mass is 16.1. The van der Waals surface area contributed by atoms with Crippen LogP contribution in [0, 0.1) is 5.92 Å². The van der Waals surface area contributed by atoms with Gasteiger partial charge in [-0.3, -0.25) is 9.78 Å². The minimum atomic E-state index is 0.155. The summed E-state index contributed by atoms with van der Waals surface area (Å²) >= 11 is 0. The van der Waals surface area contributed by atoms with Crippen molar-refractivity contribution in [3.63, 3.8) is 0 Å². The number of carbonyl (C=O) groups excluding carboxylic acids is 1. The van der Waals surface area contributed by atoms with Crippen molar-refractivity contribution in [2.24, 2.45) is 5.92 Å². The molecule has 0 aliphatic heterocycles. The number of rotatable bonds is 3. The Morgan fingerprint density at radius 3 is 2.44 bits per heavy atom. The summed E-state index contributed by atoms with van der Waals surface area (Å²) in [5.41, 5.74) is 3.68. The maximum absolute atomic E-state index is 12.3. The van der Waals surface area contributed by atoms with E-state index < -0.39 is 0 Å². The minimum absolute atomic E-state index is 0.155. The fourth-order valence-electron chi connectivity index (χ4n) is 2.63. The van der Waals surface area contributed by atoms with Crippen LogP contribution in [-0.2, 0) is 24.1 Å². The second kappa shape index (κ2) is 4.73. The fourth-order valence-corrected chi connectivity index (χ4v) is 2.63. The molecule has 2 heteroatoms. The predicted molar refractivity (Wildman–Crippen MR) is 70.3 cm³/mol. The molecule has 2 nitrogen and oxygen atoms in total. The van der Waals surface area contributed by atoms with Crippen molar-refractivity contribution in [1.82, 2.24) is 4.98 Å². The van der Waals surface area contributed by atoms with Crippen LogP contribution >= 0.6 is 0 Å². The number of nitrogens with zero attached hydrogens (tertiary/aromatic N) is 1. The Balaban J connectivity index is 1.70. The molecule has 0 amide bonds. The zero-order valence-electron chi connectivity index (χ0n) is 10.2. The predicted octanol–water partition coefficient (Wildman–Crippen LogP) is 2.61. The third-order valence-corrected chi connectivity index (χ3v) is 3.61. The van der Waals surface area contributed by atoms with Gasteiger partial charge in [-0.2, -0.15) is 0 Å². The van der Waals surface area contributed by atoms with E-state index in [-0.39, 0.29) is 5.92 Å². The van der Waals surface area contributed by atoms with Crippen molar-refractivity contribution < 1.29 is 4.79 Å². The maximum Gasteiger partial charge on any atom is 0.141 e. The van der Waals surface area contributed by atoms with E-state index >= 15 is 0 Å². The van der Waals surface area contributed by atoms with E-state index in [1.54, 1.807) is 12.4 Å². The van der Waals surface area contributed by atoms with E-state index in [9.17, 15) is 4.79 Å². The molecule has 1 aliphatic rings. The van der Waals surface area contributed by atoms with E-state index in [1.807, 2.05) is 24.3 Å². The van der Waals surface area contributed by atoms with E-state index in [1.165, 1.54) is 11.1 Å². The first-order valence-corrected chi connectivity index (χ1v) is 6.31. The van der Waals surface area contributed by atoms with Gasteiger partial charge in [0.2, 0.25) is 0 Å². The summed E-state index contributed by atoms with van der Waals surface area (Å²) < 4.78 is 0. The quantitative estimate of drug-likeness (QED) is 0.821. The first kappa shape index (κ1) is 11.1. The SMILES string of the molecule is O=C(Cc1cccnc1)C1Cc2ccccc2C1. The average Bonchev–Trinajstić information content (AvgIpc) is 2.84. The largest absolute Gasteiger partial charge is 0.299 e. The molecular formula is C16H15NO. The molecule has 0 unspecified atom stereocenters. The third-order valence-electron chi connectivity index (χ3n) is 3.61. The summed E-state index contributed by atoms with van der Waals surface area (Å²) in [4.78, 5) is 16.3. The van der Waals surface area contributed by atoms with Crippen LogP contribution < -0.4 is 0 Å². The number of carbonyl (C=O) groups is 1. The molecule has 0 spiro atoms. The van der Waals surface area contributed by atoms with E-state index in [2.05, 4.69) is 17.1 Å². The Bertz CT molecular complexity index is 537. The van der Waals surface area contributed by atoms with E-state index in [0.29, 0.717) is 12.2 Å². The Morgan fingerprint density at radius 2 is 1.83 bits per heavy atom. The van der Waals surface area contributed by atoms with Crippen LogP contribution in [0.25, 0.3) is 0 Å². The van der Waals surface area contributed by atoms with Crippen LogP contribution in [0.1, 0.15) is 16.7 Å². The van der Waals surface area contributed by atoms with Crippen molar-refractivity contribution in [3.05, 3.63) is 65.5 Å². The van der Waals surface area contributed by atoms with Crippen molar-refractivity contribution in [3.8, 4) is 0 Å². The van der Waals surface area contributed by atoms with Gasteiger partial charge in [0.1, 0.15) is 5.78 Å². The zero-order valence-corrected chi connectivity index (χ0v) is 10.2. The Labute approximate surface area is 107 Å². The number of pyridine rings is 1. The minimum Gasteiger partial charge on any atom is -0.299 e. The highest BCUT2D eigenvalue weighted by molar-refractivity contribution is 5.84. The van der Waals surface area contributed by atoms with Gasteiger partial charge in [0.15, 0.2) is 0 Å². The first-order chi connectivity index (χ1) is 8.83. The third kappa shape index (κ3) is 2.19. The van der Waals surface area contributed by atoms with Crippen LogP contribution in [0.3, 0.4) is 0 Å². The monoisotopic (exact) mass is 237 g/mol. The molecule has 1 heterocycles. The van der Waals surface area contributed by atoms with Crippen LogP contribution in [-0.4, -0.2) is 10.8 Å². The lowest BCUT2D eigenvalue weighted by molar-refractivity contribution is -0.121. The number of hydrogen-bond acceptors (Lipinski definition) is 2. The molecule has 2 aromatic rings. The van der Waals surface area contributed by atoms with Gasteiger partial charge in [-0.25, -0.2) is 0 Å². The fraction of sp³-hybridized carbons (Fsp3) is 0.250. The molecule has 90 valence electrons. The molecule has 0 saturated heterocycles. The van der Waals surface area contributed by atoms with E-state index in [0.717, 1.165) is 18.4 Å². The van der Waals surface area contributed by atoms with Gasteiger partial charge in [-0.05, 0) is 35.6 Å². The first-order valence-electron chi connectivity index (χ1n) is 6.31. The van der Waals surface area contributed by atoms with Crippen molar-refractivity contribution in [1.29, 1.82) is 0 Å². The number of aromatic nitrogens is 1. The maximum atomic E-state index is 12.3. The highest BCUT2D eigenvalue weighted by Gasteiger charge is 2.26. The van der Waals surface area contributed by atoms with Gasteiger partial charge in [0.25, 0.3) is 0 Å². The number of benzene rings is 1. The number of fused-ring (bicyclic) bond motifs is 1. The lowest BCUT2D eigenvalue weighted by atomic mass is 9.96.